The van der Waals surface area contributed by atoms with Crippen molar-refractivity contribution in [2.45, 2.75) is 12.5 Å². The Labute approximate surface area is 84.1 Å². The molecule has 0 aromatic rings. The van der Waals surface area contributed by atoms with Gasteiger partial charge in [-0.3, -0.25) is 4.99 Å². The molecule has 6 heteroatoms. The molecule has 1 N–H and O–H groups in total. The lowest BCUT2D eigenvalue weighted by molar-refractivity contribution is 0.435. The third kappa shape index (κ3) is 2.00. The molecule has 5 nitrogen and oxygen atoms in total. The van der Waals surface area contributed by atoms with E-state index in [4.69, 9.17) is 0 Å². The van der Waals surface area contributed by atoms with Gasteiger partial charge in [0.25, 0.3) is 0 Å². The van der Waals surface area contributed by atoms with Gasteiger partial charge in [-0.05, 0) is 6.42 Å². The van der Waals surface area contributed by atoms with E-state index in [1.165, 1.54) is 0 Å². The van der Waals surface area contributed by atoms with Crippen molar-refractivity contribution in [3.63, 3.8) is 0 Å². The van der Waals surface area contributed by atoms with Crippen molar-refractivity contribution >= 4 is 15.8 Å². The quantitative estimate of drug-likeness (QED) is 0.616. The standard InChI is InChI=1S/C8H15N3O2S/c1-11-4-2-3-9-8(11)10-7-5-14(12,13)6-7/h7H,2-6H2,1H3,(H,9,10). The Balaban J connectivity index is 1.89. The first-order valence-electron chi connectivity index (χ1n) is 4.79. The van der Waals surface area contributed by atoms with Crippen LogP contribution >= 0.6 is 0 Å². The highest BCUT2D eigenvalue weighted by Gasteiger charge is 2.34. The highest BCUT2D eigenvalue weighted by molar-refractivity contribution is 7.92. The van der Waals surface area contributed by atoms with Crippen LogP contribution in [0.3, 0.4) is 0 Å². The molecule has 0 saturated carbocycles. The Morgan fingerprint density at radius 1 is 1.50 bits per heavy atom. The van der Waals surface area contributed by atoms with Gasteiger partial charge in [0, 0.05) is 20.1 Å². The Kier molecular flexibility index (Phi) is 2.38. The molecule has 2 rings (SSSR count). The molecular weight excluding hydrogens is 202 g/mol. The summed E-state index contributed by atoms with van der Waals surface area (Å²) in [6.07, 6.45) is 1.07. The summed E-state index contributed by atoms with van der Waals surface area (Å²) >= 11 is 0. The largest absolute Gasteiger partial charge is 0.351 e. The molecule has 14 heavy (non-hydrogen) atoms. The van der Waals surface area contributed by atoms with Crippen LogP contribution in [0.5, 0.6) is 0 Å². The second-order valence-electron chi connectivity index (χ2n) is 3.90. The molecule has 1 saturated heterocycles. The molecule has 1 fully saturated rings. The molecule has 2 aliphatic heterocycles. The van der Waals surface area contributed by atoms with Gasteiger partial charge in [0.05, 0.1) is 17.5 Å². The maximum atomic E-state index is 10.9. The molecular formula is C8H15N3O2S. The first kappa shape index (κ1) is 9.76. The Morgan fingerprint density at radius 2 is 2.21 bits per heavy atom. The lowest BCUT2D eigenvalue weighted by Crippen LogP contribution is -2.56. The van der Waals surface area contributed by atoms with Crippen molar-refractivity contribution in [3.05, 3.63) is 0 Å². The summed E-state index contributed by atoms with van der Waals surface area (Å²) in [6.45, 7) is 1.83. The first-order chi connectivity index (χ1) is 6.57. The minimum absolute atomic E-state index is 0.0688. The molecule has 80 valence electrons. The Bertz CT molecular complexity index is 338. The third-order valence-corrected chi connectivity index (χ3v) is 4.34. The van der Waals surface area contributed by atoms with Crippen LogP contribution in [0.15, 0.2) is 4.99 Å². The zero-order valence-electron chi connectivity index (χ0n) is 8.23. The van der Waals surface area contributed by atoms with Gasteiger partial charge in [0.15, 0.2) is 15.8 Å². The number of aliphatic imine (C=N–C) groups is 1. The topological polar surface area (TPSA) is 61.8 Å². The lowest BCUT2D eigenvalue weighted by atomic mass is 10.3. The molecule has 0 atom stereocenters. The summed E-state index contributed by atoms with van der Waals surface area (Å²) in [6, 6.07) is 0.0688. The molecule has 0 amide bonds. The predicted octanol–water partition coefficient (Wildman–Crippen LogP) is -0.935. The average molecular weight is 217 g/mol. The van der Waals surface area contributed by atoms with Crippen LogP contribution < -0.4 is 5.32 Å². The maximum Gasteiger partial charge on any atom is 0.193 e. The van der Waals surface area contributed by atoms with Crippen LogP contribution in [-0.4, -0.2) is 57.0 Å². The predicted molar refractivity (Wildman–Crippen MR) is 55.1 cm³/mol. The van der Waals surface area contributed by atoms with Gasteiger partial charge in [-0.1, -0.05) is 0 Å². The van der Waals surface area contributed by atoms with E-state index in [1.807, 2.05) is 11.9 Å². The van der Waals surface area contributed by atoms with Gasteiger partial charge in [-0.15, -0.1) is 0 Å². The summed E-state index contributed by atoms with van der Waals surface area (Å²) in [7, 11) is -0.765. The fraction of sp³-hybridized carbons (Fsp3) is 0.875. The van der Waals surface area contributed by atoms with E-state index in [9.17, 15) is 8.42 Å². The van der Waals surface area contributed by atoms with Crippen molar-refractivity contribution < 1.29 is 8.42 Å². The van der Waals surface area contributed by atoms with Crippen molar-refractivity contribution in [2.75, 3.05) is 31.6 Å². The van der Waals surface area contributed by atoms with Crippen LogP contribution in [0.1, 0.15) is 6.42 Å². The van der Waals surface area contributed by atoms with Gasteiger partial charge >= 0.3 is 0 Å². The Hall–Kier alpha value is -0.780. The van der Waals surface area contributed by atoms with Gasteiger partial charge in [0.1, 0.15) is 0 Å². The molecule has 2 aliphatic rings. The van der Waals surface area contributed by atoms with Crippen LogP contribution in [0, 0.1) is 0 Å². The van der Waals surface area contributed by atoms with Gasteiger partial charge in [-0.25, -0.2) is 8.42 Å². The number of hydrogen-bond donors (Lipinski definition) is 1. The zero-order valence-corrected chi connectivity index (χ0v) is 9.05. The number of nitrogens with zero attached hydrogens (tertiary/aromatic N) is 2. The fourth-order valence-electron chi connectivity index (χ4n) is 1.71. The summed E-state index contributed by atoms with van der Waals surface area (Å²) in [5.74, 6) is 1.34. The van der Waals surface area contributed by atoms with Gasteiger partial charge in [-0.2, -0.15) is 0 Å². The fourth-order valence-corrected chi connectivity index (χ4v) is 3.00. The van der Waals surface area contributed by atoms with Crippen LogP contribution in [0.25, 0.3) is 0 Å². The summed E-state index contributed by atoms with van der Waals surface area (Å²) in [4.78, 5) is 6.35. The van der Waals surface area contributed by atoms with Crippen molar-refractivity contribution in [3.8, 4) is 0 Å². The number of hydrogen-bond acceptors (Lipinski definition) is 5. The van der Waals surface area contributed by atoms with Crippen molar-refractivity contribution in [2.24, 2.45) is 4.99 Å². The summed E-state index contributed by atoms with van der Waals surface area (Å²) in [5.41, 5.74) is 0. The van der Waals surface area contributed by atoms with Crippen LogP contribution in [0.4, 0.5) is 0 Å². The van der Waals surface area contributed by atoms with Crippen molar-refractivity contribution in [1.29, 1.82) is 0 Å². The summed E-state index contributed by atoms with van der Waals surface area (Å²) in [5, 5.41) is 3.16. The van der Waals surface area contributed by atoms with E-state index in [1.54, 1.807) is 0 Å². The van der Waals surface area contributed by atoms with E-state index in [0.29, 0.717) is 0 Å². The molecule has 0 unspecified atom stereocenters. The van der Waals surface area contributed by atoms with E-state index in [0.717, 1.165) is 25.5 Å². The molecule has 0 aromatic heterocycles. The lowest BCUT2D eigenvalue weighted by Gasteiger charge is -2.33. The number of sulfone groups is 1. The Morgan fingerprint density at radius 3 is 2.79 bits per heavy atom. The molecule has 0 aromatic carbocycles. The molecule has 2 heterocycles. The van der Waals surface area contributed by atoms with Crippen LogP contribution in [0.2, 0.25) is 0 Å². The SMILES string of the molecule is CN1CCCN=C1NC1CS(=O)(=O)C1. The van der Waals surface area contributed by atoms with E-state index in [2.05, 4.69) is 10.3 Å². The second kappa shape index (κ2) is 3.42. The monoisotopic (exact) mass is 217 g/mol. The third-order valence-electron chi connectivity index (χ3n) is 2.52. The average Bonchev–Trinajstić information content (AvgIpc) is 2.05. The highest BCUT2D eigenvalue weighted by Crippen LogP contribution is 2.11. The summed E-state index contributed by atoms with van der Waals surface area (Å²) < 4.78 is 21.9. The minimum atomic E-state index is -2.73. The molecule has 0 spiro atoms. The van der Waals surface area contributed by atoms with E-state index >= 15 is 0 Å². The van der Waals surface area contributed by atoms with Gasteiger partial charge in [0.2, 0.25) is 0 Å². The molecule has 0 aliphatic carbocycles. The van der Waals surface area contributed by atoms with Crippen molar-refractivity contribution in [1.82, 2.24) is 10.2 Å². The zero-order chi connectivity index (χ0) is 10.2. The highest BCUT2D eigenvalue weighted by atomic mass is 32.2. The molecule has 0 bridgehead atoms. The number of nitrogens with one attached hydrogen (secondary N) is 1. The van der Waals surface area contributed by atoms with E-state index in [-0.39, 0.29) is 17.5 Å². The maximum absolute atomic E-state index is 10.9. The normalized spacial score (nSPS) is 26.6. The minimum Gasteiger partial charge on any atom is -0.351 e. The number of guanidine groups is 1. The molecule has 0 radical (unpaired) electrons. The van der Waals surface area contributed by atoms with E-state index < -0.39 is 9.84 Å². The number of rotatable bonds is 1. The smallest absolute Gasteiger partial charge is 0.193 e. The first-order valence-corrected chi connectivity index (χ1v) is 6.61. The second-order valence-corrected chi connectivity index (χ2v) is 6.05. The van der Waals surface area contributed by atoms with Crippen LogP contribution in [-0.2, 0) is 9.84 Å². The van der Waals surface area contributed by atoms with Gasteiger partial charge < -0.3 is 10.2 Å².